The first-order valence-corrected chi connectivity index (χ1v) is 14.0. The Morgan fingerprint density at radius 1 is 1.26 bits per heavy atom. The van der Waals surface area contributed by atoms with E-state index in [0.717, 1.165) is 12.8 Å². The predicted octanol–water partition coefficient (Wildman–Crippen LogP) is 2.62. The fraction of sp³-hybridized carbons (Fsp3) is 0.448. The molecule has 0 radical (unpaired) electrons. The van der Waals surface area contributed by atoms with Gasteiger partial charge in [-0.15, -0.1) is 5.10 Å². The lowest BCUT2D eigenvalue weighted by Gasteiger charge is -2.46. The fourth-order valence-corrected chi connectivity index (χ4v) is 6.08. The number of aliphatic hydroxyl groups is 3. The normalized spacial score (nSPS) is 27.8. The van der Waals surface area contributed by atoms with Crippen LogP contribution in [0.25, 0.3) is 11.3 Å². The smallest absolute Gasteiger partial charge is 0.259 e. The van der Waals surface area contributed by atoms with E-state index >= 15 is 0 Å². The minimum absolute atomic E-state index is 0.225. The monoisotopic (exact) mass is 599 g/mol. The lowest BCUT2D eigenvalue weighted by atomic mass is 9.88. The number of carbonyl (C=O) groups excluding carboxylic acids is 1. The van der Waals surface area contributed by atoms with Crippen molar-refractivity contribution >= 4 is 23.2 Å². The highest BCUT2D eigenvalue weighted by Gasteiger charge is 2.52. The van der Waals surface area contributed by atoms with Gasteiger partial charge in [0.25, 0.3) is 5.91 Å². The molecule has 2 heterocycles. The second-order valence-corrected chi connectivity index (χ2v) is 10.9. The molecule has 11 nitrogen and oxygen atoms in total. The van der Waals surface area contributed by atoms with Gasteiger partial charge < -0.3 is 29.7 Å². The van der Waals surface area contributed by atoms with Crippen molar-refractivity contribution in [3.05, 3.63) is 65.1 Å². The molecule has 1 aliphatic heterocycles. The summed E-state index contributed by atoms with van der Waals surface area (Å²) in [6.07, 6.45) is -1.91. The molecule has 7 atom stereocenters. The van der Waals surface area contributed by atoms with Crippen molar-refractivity contribution < 1.29 is 34.0 Å². The number of ether oxygens (including phenoxy) is 2. The first-order valence-electron chi connectivity index (χ1n) is 13.6. The zero-order valence-electron chi connectivity index (χ0n) is 22.8. The highest BCUT2D eigenvalue weighted by molar-refractivity contribution is 6.31. The van der Waals surface area contributed by atoms with Crippen molar-refractivity contribution in [3.8, 4) is 17.3 Å². The third-order valence-corrected chi connectivity index (χ3v) is 8.09. The van der Waals surface area contributed by atoms with E-state index in [0.29, 0.717) is 29.8 Å². The number of aromatic nitrogens is 3. The third kappa shape index (κ3) is 5.89. The summed E-state index contributed by atoms with van der Waals surface area (Å²) >= 11 is 6.31. The average molecular weight is 600 g/mol. The highest BCUT2D eigenvalue weighted by atomic mass is 35.5. The predicted molar refractivity (Wildman–Crippen MR) is 149 cm³/mol. The molecular formula is C29H31ClFN5O6. The number of hydrogen-bond acceptors (Lipinski definition) is 9. The third-order valence-electron chi connectivity index (χ3n) is 7.87. The van der Waals surface area contributed by atoms with E-state index in [1.54, 1.807) is 6.07 Å². The molecule has 3 aromatic rings. The summed E-state index contributed by atoms with van der Waals surface area (Å²) in [5, 5.41) is 50.4. The molecule has 0 spiro atoms. The van der Waals surface area contributed by atoms with Crippen LogP contribution in [0.3, 0.4) is 0 Å². The van der Waals surface area contributed by atoms with Gasteiger partial charge in [0.15, 0.2) is 6.10 Å². The molecule has 42 heavy (non-hydrogen) atoms. The second kappa shape index (κ2) is 12.8. The minimum atomic E-state index is -1.37. The number of nitrogens with zero attached hydrogens (tertiary/aromatic N) is 5. The summed E-state index contributed by atoms with van der Waals surface area (Å²) in [4.78, 5) is 15.9. The molecule has 1 amide bonds. The van der Waals surface area contributed by atoms with Crippen LogP contribution in [0.1, 0.15) is 37.3 Å². The summed E-state index contributed by atoms with van der Waals surface area (Å²) in [5.74, 6) is -1.07. The van der Waals surface area contributed by atoms with Gasteiger partial charge in [0.05, 0.1) is 36.6 Å². The minimum Gasteiger partial charge on any atom is -0.394 e. The van der Waals surface area contributed by atoms with Crippen molar-refractivity contribution in [1.29, 1.82) is 5.26 Å². The van der Waals surface area contributed by atoms with Crippen molar-refractivity contribution in [3.63, 3.8) is 0 Å². The summed E-state index contributed by atoms with van der Waals surface area (Å²) in [5.41, 5.74) is 1.30. The van der Waals surface area contributed by atoms with Crippen LogP contribution in [-0.2, 0) is 14.3 Å². The topological polar surface area (TPSA) is 154 Å². The van der Waals surface area contributed by atoms with E-state index in [9.17, 15) is 29.8 Å². The number of carbonyl (C=O) groups is 1. The Hall–Kier alpha value is -3.44. The molecule has 5 rings (SSSR count). The molecule has 2 aromatic carbocycles. The van der Waals surface area contributed by atoms with Gasteiger partial charge in [-0.05, 0) is 43.2 Å². The summed E-state index contributed by atoms with van der Waals surface area (Å²) in [6.45, 7) is -0.620. The zero-order valence-corrected chi connectivity index (χ0v) is 23.5. The maximum absolute atomic E-state index is 14.5. The first kappa shape index (κ1) is 30.0. The van der Waals surface area contributed by atoms with E-state index in [1.165, 1.54) is 59.3 Å². The van der Waals surface area contributed by atoms with Crippen molar-refractivity contribution in [2.75, 3.05) is 18.6 Å². The van der Waals surface area contributed by atoms with Crippen LogP contribution in [0.5, 0.6) is 0 Å². The zero-order chi connectivity index (χ0) is 30.0. The van der Waals surface area contributed by atoms with Crippen LogP contribution < -0.4 is 4.90 Å². The molecule has 2 fully saturated rings. The van der Waals surface area contributed by atoms with Gasteiger partial charge in [0.1, 0.15) is 35.9 Å². The number of anilines is 1. The van der Waals surface area contributed by atoms with Gasteiger partial charge in [-0.3, -0.25) is 4.79 Å². The van der Waals surface area contributed by atoms with Gasteiger partial charge in [0, 0.05) is 23.4 Å². The number of aliphatic hydroxyl groups excluding tert-OH is 3. The van der Waals surface area contributed by atoms with Crippen molar-refractivity contribution in [1.82, 2.24) is 15.0 Å². The molecule has 2 aliphatic rings. The van der Waals surface area contributed by atoms with E-state index < -0.39 is 60.9 Å². The number of rotatable bonds is 7. The van der Waals surface area contributed by atoms with E-state index in [-0.39, 0.29) is 10.6 Å². The Bertz CT molecular complexity index is 1470. The lowest BCUT2D eigenvalue weighted by Crippen LogP contribution is -2.63. The quantitative estimate of drug-likeness (QED) is 0.372. The Kier molecular flexibility index (Phi) is 9.17. The number of halogens is 2. The van der Waals surface area contributed by atoms with Crippen LogP contribution in [0.2, 0.25) is 5.02 Å². The lowest BCUT2D eigenvalue weighted by molar-refractivity contribution is -0.211. The Morgan fingerprint density at radius 2 is 2.05 bits per heavy atom. The second-order valence-electron chi connectivity index (χ2n) is 10.5. The molecular weight excluding hydrogens is 569 g/mol. The summed E-state index contributed by atoms with van der Waals surface area (Å²) in [6, 6.07) is 10.6. The SMILES string of the molecule is COC1C(C(=O)N(c2cc(Cl)cc(C#N)c2)[C@H]2CCCC[C@@H]2O)OC(CO)C(O)C1n1cc(-c2cccc(F)c2)nn1. The summed E-state index contributed by atoms with van der Waals surface area (Å²) in [7, 11) is 1.35. The van der Waals surface area contributed by atoms with Gasteiger partial charge in [0.2, 0.25) is 0 Å². The van der Waals surface area contributed by atoms with Crippen molar-refractivity contribution in [2.24, 2.45) is 0 Å². The van der Waals surface area contributed by atoms with Crippen molar-refractivity contribution in [2.45, 2.75) is 68.3 Å². The number of hydrogen-bond donors (Lipinski definition) is 3. The fourth-order valence-electron chi connectivity index (χ4n) is 5.85. The van der Waals surface area contributed by atoms with Gasteiger partial charge >= 0.3 is 0 Å². The molecule has 1 aromatic heterocycles. The molecule has 0 bridgehead atoms. The van der Waals surface area contributed by atoms with E-state index in [2.05, 4.69) is 10.3 Å². The molecule has 3 N–H and O–H groups in total. The van der Waals surface area contributed by atoms with Crippen LogP contribution in [0, 0.1) is 17.1 Å². The number of methoxy groups -OCH3 is 1. The molecule has 1 saturated carbocycles. The molecule has 222 valence electrons. The maximum Gasteiger partial charge on any atom is 0.259 e. The summed E-state index contributed by atoms with van der Waals surface area (Å²) < 4.78 is 26.9. The van der Waals surface area contributed by atoms with Gasteiger partial charge in [-0.1, -0.05) is 41.8 Å². The Labute approximate surface area is 246 Å². The largest absolute Gasteiger partial charge is 0.394 e. The number of benzene rings is 2. The Balaban J connectivity index is 1.56. The van der Waals surface area contributed by atoms with Crippen LogP contribution in [0.15, 0.2) is 48.7 Å². The first-order chi connectivity index (χ1) is 20.2. The van der Waals surface area contributed by atoms with Gasteiger partial charge in [-0.25, -0.2) is 9.07 Å². The van der Waals surface area contributed by atoms with Crippen LogP contribution >= 0.6 is 11.6 Å². The van der Waals surface area contributed by atoms with E-state index in [4.69, 9.17) is 21.1 Å². The average Bonchev–Trinajstić information content (AvgIpc) is 3.47. The Morgan fingerprint density at radius 3 is 2.74 bits per heavy atom. The number of nitriles is 1. The number of amides is 1. The highest BCUT2D eigenvalue weighted by Crippen LogP contribution is 2.37. The standard InChI is InChI=1S/C29H31ClFN5O6/c1-41-27-25(35-14-21(33-34-35)17-5-4-6-19(31)11-17)26(39)24(15-37)42-28(27)29(40)36(22-7-2-3-8-23(22)38)20-10-16(13-32)9-18(30)12-20/h4-6,9-12,14,22-28,37-39H,2-3,7-8,15H2,1H3/t22-,23-,24?,25?,26?,27?,28?/m0/s1. The molecule has 1 aliphatic carbocycles. The van der Waals surface area contributed by atoms with Gasteiger partial charge in [-0.2, -0.15) is 5.26 Å². The van der Waals surface area contributed by atoms with Crippen LogP contribution in [-0.4, -0.2) is 86.5 Å². The molecule has 5 unspecified atom stereocenters. The molecule has 1 saturated heterocycles. The maximum atomic E-state index is 14.5. The van der Waals surface area contributed by atoms with E-state index in [1.807, 2.05) is 6.07 Å². The molecule has 13 heteroatoms. The van der Waals surface area contributed by atoms with Crippen LogP contribution in [0.4, 0.5) is 10.1 Å².